The smallest absolute Gasteiger partial charge is 0.328 e. The van der Waals surface area contributed by atoms with Crippen molar-refractivity contribution in [3.8, 4) is 11.8 Å². The molecule has 0 saturated carbocycles. The molecule has 1 aromatic heterocycles. The van der Waals surface area contributed by atoms with Gasteiger partial charge >= 0.3 is 6.01 Å². The molecule has 0 saturated heterocycles. The predicted molar refractivity (Wildman–Crippen MR) is 79.2 cm³/mol. The van der Waals surface area contributed by atoms with Crippen molar-refractivity contribution in [2.24, 2.45) is 0 Å². The first-order valence-corrected chi connectivity index (χ1v) is 6.43. The molecule has 106 valence electrons. The zero-order chi connectivity index (χ0) is 14.7. The Morgan fingerprint density at radius 1 is 1.10 bits per heavy atom. The van der Waals surface area contributed by atoms with Crippen LogP contribution in [0.15, 0.2) is 24.3 Å². The first-order valence-electron chi connectivity index (χ1n) is 6.43. The van der Waals surface area contributed by atoms with E-state index in [2.05, 4.69) is 28.8 Å². The summed E-state index contributed by atoms with van der Waals surface area (Å²) >= 11 is 0. The molecule has 0 atom stereocenters. The fraction of sp³-hybridized carbons (Fsp3) is 0.357. The van der Waals surface area contributed by atoms with E-state index in [0.29, 0.717) is 11.9 Å². The highest BCUT2D eigenvalue weighted by atomic mass is 16.5. The molecule has 2 rings (SSSR count). The van der Waals surface area contributed by atoms with Gasteiger partial charge in [0.15, 0.2) is 0 Å². The van der Waals surface area contributed by atoms with Gasteiger partial charge in [-0.15, -0.1) is 0 Å². The minimum atomic E-state index is 0.140. The van der Waals surface area contributed by atoms with Crippen molar-refractivity contribution >= 4 is 11.9 Å². The topological polar surface area (TPSA) is 77.2 Å². The number of nitrogens with zero attached hydrogens (tertiary/aromatic N) is 4. The molecule has 6 heteroatoms. The Balaban J connectivity index is 2.35. The first kappa shape index (κ1) is 14.0. The van der Waals surface area contributed by atoms with Crippen LogP contribution in [0.2, 0.25) is 0 Å². The van der Waals surface area contributed by atoms with Gasteiger partial charge in [0.2, 0.25) is 11.9 Å². The highest BCUT2D eigenvalue weighted by molar-refractivity contribution is 5.39. The largest absolute Gasteiger partial charge is 0.424 e. The van der Waals surface area contributed by atoms with E-state index in [1.54, 1.807) is 4.90 Å². The van der Waals surface area contributed by atoms with Gasteiger partial charge in [0.05, 0.1) is 0 Å². The minimum absolute atomic E-state index is 0.140. The zero-order valence-corrected chi connectivity index (χ0v) is 12.2. The van der Waals surface area contributed by atoms with Gasteiger partial charge in [0, 0.05) is 14.1 Å². The Bertz CT molecular complexity index is 598. The summed E-state index contributed by atoms with van der Waals surface area (Å²) in [5.74, 6) is 1.69. The van der Waals surface area contributed by atoms with E-state index in [1.807, 2.05) is 38.4 Å². The van der Waals surface area contributed by atoms with Crippen LogP contribution in [-0.4, -0.2) is 29.0 Å². The van der Waals surface area contributed by atoms with Crippen molar-refractivity contribution in [2.75, 3.05) is 24.7 Å². The third-order valence-electron chi connectivity index (χ3n) is 2.76. The molecule has 2 N–H and O–H groups in total. The molecular formula is C14H19N5O. The summed E-state index contributed by atoms with van der Waals surface area (Å²) in [6.07, 6.45) is 0. The number of para-hydroxylation sites is 1. The Kier molecular flexibility index (Phi) is 4.02. The minimum Gasteiger partial charge on any atom is -0.424 e. The standard InChI is InChI=1S/C14H19N5O/c1-9(2)10-7-5-6-8-11(10)20-14-17-12(15)16-13(18-14)19(3)4/h5-9H,1-4H3,(H2,15,16,17,18). The molecule has 2 aromatic rings. The van der Waals surface area contributed by atoms with Crippen LogP contribution in [-0.2, 0) is 0 Å². The Morgan fingerprint density at radius 3 is 2.45 bits per heavy atom. The number of aromatic nitrogens is 3. The number of nitrogen functional groups attached to an aromatic ring is 1. The summed E-state index contributed by atoms with van der Waals surface area (Å²) in [4.78, 5) is 14.0. The SMILES string of the molecule is CC(C)c1ccccc1Oc1nc(N)nc(N(C)C)n1. The van der Waals surface area contributed by atoms with E-state index in [9.17, 15) is 0 Å². The van der Waals surface area contributed by atoms with Crippen molar-refractivity contribution in [1.29, 1.82) is 0 Å². The number of hydrogen-bond acceptors (Lipinski definition) is 6. The van der Waals surface area contributed by atoms with Crippen LogP contribution in [0.25, 0.3) is 0 Å². The molecule has 0 unspecified atom stereocenters. The number of ether oxygens (including phenoxy) is 1. The highest BCUT2D eigenvalue weighted by Gasteiger charge is 2.12. The van der Waals surface area contributed by atoms with Crippen molar-refractivity contribution < 1.29 is 4.74 Å². The van der Waals surface area contributed by atoms with Gasteiger partial charge in [0.1, 0.15) is 5.75 Å². The van der Waals surface area contributed by atoms with E-state index in [0.717, 1.165) is 11.3 Å². The molecule has 1 aromatic carbocycles. The van der Waals surface area contributed by atoms with Crippen LogP contribution in [0.1, 0.15) is 25.3 Å². The number of nitrogens with two attached hydrogens (primary N) is 1. The summed E-state index contributed by atoms with van der Waals surface area (Å²) in [5.41, 5.74) is 6.78. The average Bonchev–Trinajstić information content (AvgIpc) is 2.38. The van der Waals surface area contributed by atoms with E-state index in [-0.39, 0.29) is 12.0 Å². The quantitative estimate of drug-likeness (QED) is 0.922. The summed E-state index contributed by atoms with van der Waals surface area (Å²) in [5, 5.41) is 0. The lowest BCUT2D eigenvalue weighted by Gasteiger charge is -2.14. The van der Waals surface area contributed by atoms with Crippen molar-refractivity contribution in [3.63, 3.8) is 0 Å². The van der Waals surface area contributed by atoms with Gasteiger partial charge in [-0.25, -0.2) is 0 Å². The second-order valence-electron chi connectivity index (χ2n) is 4.97. The lowest BCUT2D eigenvalue weighted by molar-refractivity contribution is 0.433. The second-order valence-corrected chi connectivity index (χ2v) is 4.97. The second kappa shape index (κ2) is 5.73. The molecule has 1 heterocycles. The Labute approximate surface area is 118 Å². The predicted octanol–water partition coefficient (Wildman–Crippen LogP) is 2.44. The van der Waals surface area contributed by atoms with Crippen LogP contribution in [0.5, 0.6) is 11.8 Å². The lowest BCUT2D eigenvalue weighted by atomic mass is 10.0. The van der Waals surface area contributed by atoms with Gasteiger partial charge in [0.25, 0.3) is 0 Å². The normalized spacial score (nSPS) is 10.7. The number of rotatable bonds is 4. The van der Waals surface area contributed by atoms with Crippen LogP contribution in [0, 0.1) is 0 Å². The first-order chi connectivity index (χ1) is 9.47. The van der Waals surface area contributed by atoms with Gasteiger partial charge in [-0.3, -0.25) is 0 Å². The van der Waals surface area contributed by atoms with Gasteiger partial charge < -0.3 is 15.4 Å². The summed E-state index contributed by atoms with van der Waals surface area (Å²) in [7, 11) is 3.67. The molecule has 0 aliphatic carbocycles. The molecule has 0 spiro atoms. The lowest BCUT2D eigenvalue weighted by Crippen LogP contribution is -2.15. The molecule has 0 fully saturated rings. The van der Waals surface area contributed by atoms with Crippen LogP contribution in [0.3, 0.4) is 0 Å². The molecule has 0 bridgehead atoms. The molecule has 0 aliphatic heterocycles. The maximum absolute atomic E-state index is 5.77. The molecule has 0 radical (unpaired) electrons. The Morgan fingerprint density at radius 2 is 1.80 bits per heavy atom. The van der Waals surface area contributed by atoms with Crippen LogP contribution < -0.4 is 15.4 Å². The van der Waals surface area contributed by atoms with Crippen LogP contribution in [0.4, 0.5) is 11.9 Å². The van der Waals surface area contributed by atoms with Gasteiger partial charge in [-0.2, -0.15) is 15.0 Å². The van der Waals surface area contributed by atoms with Crippen molar-refractivity contribution in [1.82, 2.24) is 15.0 Å². The van der Waals surface area contributed by atoms with Crippen molar-refractivity contribution in [3.05, 3.63) is 29.8 Å². The van der Waals surface area contributed by atoms with E-state index < -0.39 is 0 Å². The maximum atomic E-state index is 5.77. The summed E-state index contributed by atoms with van der Waals surface area (Å²) in [6.45, 7) is 4.21. The average molecular weight is 273 g/mol. The zero-order valence-electron chi connectivity index (χ0n) is 12.2. The third kappa shape index (κ3) is 3.14. The van der Waals surface area contributed by atoms with Gasteiger partial charge in [-0.05, 0) is 17.5 Å². The molecule has 20 heavy (non-hydrogen) atoms. The molecule has 0 amide bonds. The Hall–Kier alpha value is -2.37. The van der Waals surface area contributed by atoms with E-state index in [4.69, 9.17) is 10.5 Å². The molecule has 6 nitrogen and oxygen atoms in total. The van der Waals surface area contributed by atoms with E-state index >= 15 is 0 Å². The number of anilines is 2. The fourth-order valence-electron chi connectivity index (χ4n) is 1.76. The monoisotopic (exact) mass is 273 g/mol. The van der Waals surface area contributed by atoms with Gasteiger partial charge in [-0.1, -0.05) is 32.0 Å². The summed E-state index contributed by atoms with van der Waals surface area (Å²) in [6, 6.07) is 8.02. The third-order valence-corrected chi connectivity index (χ3v) is 2.76. The highest BCUT2D eigenvalue weighted by Crippen LogP contribution is 2.29. The number of benzene rings is 1. The summed E-state index contributed by atoms with van der Waals surface area (Å²) < 4.78 is 5.77. The van der Waals surface area contributed by atoms with Crippen LogP contribution >= 0.6 is 0 Å². The molecule has 0 aliphatic rings. The molecular weight excluding hydrogens is 254 g/mol. The fourth-order valence-corrected chi connectivity index (χ4v) is 1.76. The maximum Gasteiger partial charge on any atom is 0.328 e. The van der Waals surface area contributed by atoms with Crippen molar-refractivity contribution in [2.45, 2.75) is 19.8 Å². The van der Waals surface area contributed by atoms with E-state index in [1.165, 1.54) is 0 Å². The number of hydrogen-bond donors (Lipinski definition) is 1.